The lowest BCUT2D eigenvalue weighted by atomic mass is 10.1. The fraction of sp³-hybridized carbons (Fsp3) is 0.833. The Kier molecular flexibility index (Phi) is 13.4. The van der Waals surface area contributed by atoms with E-state index in [2.05, 4.69) is 5.32 Å². The molecule has 3 N–H and O–H groups in total. The van der Waals surface area contributed by atoms with Crippen molar-refractivity contribution in [3.8, 4) is 0 Å². The van der Waals surface area contributed by atoms with Gasteiger partial charge < -0.3 is 34.1 Å². The molecular formula is C18H34N2O8. The Bertz CT molecular complexity index is 479. The number of unbranched alkanes of at least 4 members (excludes halogenated alkanes) is 1. The van der Waals surface area contributed by atoms with Crippen molar-refractivity contribution < 1.29 is 43.7 Å². The first-order valence-electron chi connectivity index (χ1n) is 9.43. The second-order valence-electron chi connectivity index (χ2n) is 7.43. The molecule has 0 aromatic rings. The summed E-state index contributed by atoms with van der Waals surface area (Å²) in [7, 11) is 5.35. The zero-order chi connectivity index (χ0) is 21.6. The van der Waals surface area contributed by atoms with E-state index >= 15 is 0 Å². The summed E-state index contributed by atoms with van der Waals surface area (Å²) in [5.74, 6) is -2.49. The van der Waals surface area contributed by atoms with Gasteiger partial charge in [-0.15, -0.1) is 0 Å². The van der Waals surface area contributed by atoms with Crippen LogP contribution < -0.4 is 10.4 Å². The molecule has 0 rings (SSSR count). The lowest BCUT2D eigenvalue weighted by Crippen LogP contribution is -2.55. The van der Waals surface area contributed by atoms with Gasteiger partial charge in [-0.3, -0.25) is 14.9 Å². The second kappa shape index (κ2) is 14.3. The number of rotatable bonds is 17. The summed E-state index contributed by atoms with van der Waals surface area (Å²) in [6.07, 6.45) is 1.09. The molecule has 0 aromatic heterocycles. The predicted octanol–water partition coefficient (Wildman–Crippen LogP) is -1.30. The number of aliphatic carboxylic acids is 2. The van der Waals surface area contributed by atoms with E-state index in [0.29, 0.717) is 32.2 Å². The van der Waals surface area contributed by atoms with Gasteiger partial charge in [-0.25, -0.2) is 0 Å². The zero-order valence-electron chi connectivity index (χ0n) is 17.0. The molecule has 0 saturated carbocycles. The van der Waals surface area contributed by atoms with Gasteiger partial charge in [0.25, 0.3) is 0 Å². The van der Waals surface area contributed by atoms with Crippen LogP contribution in [0.25, 0.3) is 0 Å². The van der Waals surface area contributed by atoms with Gasteiger partial charge >= 0.3 is 11.9 Å². The highest BCUT2D eigenvalue weighted by Crippen LogP contribution is 2.09. The monoisotopic (exact) mass is 406 g/mol. The third kappa shape index (κ3) is 13.4. The summed E-state index contributed by atoms with van der Waals surface area (Å²) >= 11 is 0. The van der Waals surface area contributed by atoms with Crippen molar-refractivity contribution in [2.75, 3.05) is 47.5 Å². The molecule has 0 aliphatic rings. The van der Waals surface area contributed by atoms with Crippen molar-refractivity contribution in [1.82, 2.24) is 5.32 Å². The molecule has 0 bridgehead atoms. The highest BCUT2D eigenvalue weighted by molar-refractivity contribution is 5.70. The Morgan fingerprint density at radius 1 is 1.11 bits per heavy atom. The lowest BCUT2D eigenvalue weighted by molar-refractivity contribution is -0.889. The molecule has 10 heteroatoms. The minimum atomic E-state index is -1.11. The Hall–Kier alpha value is -1.75. The topological polar surface area (TPSA) is 145 Å². The van der Waals surface area contributed by atoms with Crippen LogP contribution in [-0.4, -0.2) is 92.4 Å². The summed E-state index contributed by atoms with van der Waals surface area (Å²) < 4.78 is 10.7. The summed E-state index contributed by atoms with van der Waals surface area (Å²) in [6.45, 7) is 0.388. The maximum absolute atomic E-state index is 11.9. The average Bonchev–Trinajstić information content (AvgIpc) is 2.56. The number of aliphatic hydroxyl groups excluding tert-OH is 1. The fourth-order valence-electron chi connectivity index (χ4n) is 2.53. The van der Waals surface area contributed by atoms with Crippen LogP contribution in [-0.2, 0) is 23.9 Å². The number of hydrogen-bond acceptors (Lipinski definition) is 8. The van der Waals surface area contributed by atoms with E-state index in [0.717, 1.165) is 0 Å². The summed E-state index contributed by atoms with van der Waals surface area (Å²) in [4.78, 5) is 33.6. The molecule has 0 radical (unpaired) electrons. The van der Waals surface area contributed by atoms with Crippen molar-refractivity contribution in [3.63, 3.8) is 0 Å². The Morgan fingerprint density at radius 3 is 2.29 bits per heavy atom. The Labute approximate surface area is 166 Å². The fourth-order valence-corrected chi connectivity index (χ4v) is 2.53. The van der Waals surface area contributed by atoms with E-state index in [4.69, 9.17) is 19.7 Å². The van der Waals surface area contributed by atoms with Crippen LogP contribution in [0.3, 0.4) is 0 Å². The number of carbonyl (C=O) groups is 3. The Balaban J connectivity index is 4.38. The molecule has 0 heterocycles. The lowest BCUT2D eigenvalue weighted by Gasteiger charge is -2.34. The Morgan fingerprint density at radius 2 is 1.75 bits per heavy atom. The number of carboxylic acid groups (broad SMARTS) is 2. The minimum Gasteiger partial charge on any atom is -0.544 e. The second-order valence-corrected chi connectivity index (χ2v) is 7.43. The third-order valence-electron chi connectivity index (χ3n) is 4.03. The number of carbonyl (C=O) groups excluding carboxylic acids is 2. The molecule has 10 nitrogen and oxygen atoms in total. The van der Waals surface area contributed by atoms with E-state index < -0.39 is 30.2 Å². The van der Waals surface area contributed by atoms with E-state index in [1.807, 2.05) is 0 Å². The summed E-state index contributed by atoms with van der Waals surface area (Å²) in [6, 6.07) is -0.650. The standard InChI is InChI=1S/C18H34N2O8/c1-20(2,3)14(18(25)26)7-6-10-19-15(13-27-12-11-21)28-17(24)9-5-4-8-16(22)23/h14-15,19,21H,4-13H2,1-3H3,(H-,22,23,25,26). The molecule has 0 aliphatic heterocycles. The van der Waals surface area contributed by atoms with E-state index in [1.54, 1.807) is 21.1 Å². The number of quaternary nitrogens is 1. The van der Waals surface area contributed by atoms with Crippen LogP contribution in [0.5, 0.6) is 0 Å². The molecule has 0 amide bonds. The first-order chi connectivity index (χ1) is 13.1. The highest BCUT2D eigenvalue weighted by Gasteiger charge is 2.24. The number of ether oxygens (including phenoxy) is 2. The predicted molar refractivity (Wildman–Crippen MR) is 98.0 cm³/mol. The number of likely N-dealkylation sites (N-methyl/N-ethyl adjacent to an activating group) is 1. The van der Waals surface area contributed by atoms with Crippen molar-refractivity contribution in [1.29, 1.82) is 0 Å². The van der Waals surface area contributed by atoms with Gasteiger partial charge in [0.1, 0.15) is 6.04 Å². The number of nitrogens with one attached hydrogen (secondary N) is 1. The molecule has 2 unspecified atom stereocenters. The molecular weight excluding hydrogens is 372 g/mol. The van der Waals surface area contributed by atoms with E-state index in [9.17, 15) is 19.5 Å². The van der Waals surface area contributed by atoms with Gasteiger partial charge in [0, 0.05) is 19.3 Å². The number of hydrogen-bond donors (Lipinski definition) is 3. The van der Waals surface area contributed by atoms with Crippen molar-refractivity contribution in [2.24, 2.45) is 0 Å². The van der Waals surface area contributed by atoms with Crippen molar-refractivity contribution in [3.05, 3.63) is 0 Å². The van der Waals surface area contributed by atoms with Gasteiger partial charge in [-0.1, -0.05) is 0 Å². The number of aliphatic hydroxyl groups is 1. The van der Waals surface area contributed by atoms with Gasteiger partial charge in [-0.05, 0) is 25.8 Å². The maximum atomic E-state index is 11.9. The van der Waals surface area contributed by atoms with Crippen molar-refractivity contribution >= 4 is 17.9 Å². The zero-order valence-corrected chi connectivity index (χ0v) is 17.0. The van der Waals surface area contributed by atoms with Crippen LogP contribution >= 0.6 is 0 Å². The molecule has 28 heavy (non-hydrogen) atoms. The molecule has 0 aromatic carbocycles. The highest BCUT2D eigenvalue weighted by atomic mass is 16.6. The van der Waals surface area contributed by atoms with Crippen molar-refractivity contribution in [2.45, 2.75) is 50.8 Å². The SMILES string of the molecule is C[N+](C)(C)C(CCCNC(COCCO)OC(=O)CCCCC(=O)O)C(=O)[O-]. The van der Waals surface area contributed by atoms with Gasteiger partial charge in [-0.2, -0.15) is 0 Å². The summed E-state index contributed by atoms with van der Waals surface area (Å²) in [5, 5.41) is 31.6. The molecule has 2 atom stereocenters. The minimum absolute atomic E-state index is 0.000453. The van der Waals surface area contributed by atoms with E-state index in [1.165, 1.54) is 0 Å². The van der Waals surface area contributed by atoms with Crippen LogP contribution in [0.4, 0.5) is 0 Å². The summed E-state index contributed by atoms with van der Waals surface area (Å²) in [5.41, 5.74) is 0. The average molecular weight is 406 g/mol. The molecule has 0 aliphatic carbocycles. The number of carboxylic acids is 2. The largest absolute Gasteiger partial charge is 0.544 e. The quantitative estimate of drug-likeness (QED) is 0.116. The molecule has 164 valence electrons. The number of esters is 1. The molecule has 0 fully saturated rings. The smallest absolute Gasteiger partial charge is 0.307 e. The van der Waals surface area contributed by atoms with Gasteiger partial charge in [0.2, 0.25) is 0 Å². The molecule has 0 spiro atoms. The number of nitrogens with zero attached hydrogens (tertiary/aromatic N) is 1. The normalized spacial score (nSPS) is 13.7. The van der Waals surface area contributed by atoms with Gasteiger partial charge in [0.15, 0.2) is 6.23 Å². The molecule has 0 saturated heterocycles. The van der Waals surface area contributed by atoms with E-state index in [-0.39, 0.29) is 37.1 Å². The van der Waals surface area contributed by atoms with Gasteiger partial charge in [0.05, 0.1) is 46.9 Å². The first kappa shape index (κ1) is 26.2. The van der Waals surface area contributed by atoms with Crippen LogP contribution in [0.15, 0.2) is 0 Å². The first-order valence-corrected chi connectivity index (χ1v) is 9.43. The van der Waals surface area contributed by atoms with Crippen LogP contribution in [0.1, 0.15) is 38.5 Å². The van der Waals surface area contributed by atoms with Crippen LogP contribution in [0, 0.1) is 0 Å². The van der Waals surface area contributed by atoms with Crippen LogP contribution in [0.2, 0.25) is 0 Å². The third-order valence-corrected chi connectivity index (χ3v) is 4.03. The maximum Gasteiger partial charge on any atom is 0.307 e.